The summed E-state index contributed by atoms with van der Waals surface area (Å²) in [6.45, 7) is 9.06. The van der Waals surface area contributed by atoms with Crippen LogP contribution in [0.5, 0.6) is 0 Å². The van der Waals surface area contributed by atoms with E-state index in [0.29, 0.717) is 18.0 Å². The minimum absolute atomic E-state index is 0. The SMILES string of the molecule is CCNC(=NCC(C)(C)c1ccc(F)cc1Cl)N1CCCC(CC(N)=O)C1.I. The lowest BCUT2D eigenvalue weighted by molar-refractivity contribution is -0.119. The first-order chi connectivity index (χ1) is 12.7. The molecule has 1 amide bonds. The molecule has 0 aromatic heterocycles. The Morgan fingerprint density at radius 1 is 1.46 bits per heavy atom. The van der Waals surface area contributed by atoms with Gasteiger partial charge in [0.25, 0.3) is 0 Å². The van der Waals surface area contributed by atoms with Crippen LogP contribution in [0.1, 0.15) is 45.6 Å². The molecule has 0 saturated carbocycles. The van der Waals surface area contributed by atoms with Gasteiger partial charge in [0.15, 0.2) is 5.96 Å². The van der Waals surface area contributed by atoms with Crippen LogP contribution in [0.2, 0.25) is 5.02 Å². The number of rotatable bonds is 6. The standard InChI is InChI=1S/C20H30ClFN4O.HI/c1-4-24-19(26-9-5-6-14(12-26)10-18(23)27)25-13-20(2,3)16-8-7-15(22)11-17(16)21;/h7-8,11,14H,4-6,9-10,12-13H2,1-3H3,(H2,23,27)(H,24,25);1H. The van der Waals surface area contributed by atoms with E-state index in [9.17, 15) is 9.18 Å². The van der Waals surface area contributed by atoms with Gasteiger partial charge in [-0.25, -0.2) is 4.39 Å². The fourth-order valence-corrected chi connectivity index (χ4v) is 3.95. The number of guanidine groups is 1. The summed E-state index contributed by atoms with van der Waals surface area (Å²) in [5.41, 5.74) is 5.90. The van der Waals surface area contributed by atoms with Crippen molar-refractivity contribution in [2.24, 2.45) is 16.6 Å². The van der Waals surface area contributed by atoms with Crippen LogP contribution in [0.15, 0.2) is 23.2 Å². The van der Waals surface area contributed by atoms with Gasteiger partial charge < -0.3 is 16.0 Å². The first kappa shape index (κ1) is 24.9. The van der Waals surface area contributed by atoms with Crippen molar-refractivity contribution < 1.29 is 9.18 Å². The predicted molar refractivity (Wildman–Crippen MR) is 124 cm³/mol. The van der Waals surface area contributed by atoms with Crippen molar-refractivity contribution in [2.45, 2.75) is 45.4 Å². The van der Waals surface area contributed by atoms with Crippen LogP contribution < -0.4 is 11.1 Å². The average molecular weight is 525 g/mol. The number of hydrogen-bond donors (Lipinski definition) is 2. The lowest BCUT2D eigenvalue weighted by Crippen LogP contribution is -2.47. The first-order valence-corrected chi connectivity index (χ1v) is 9.88. The number of amides is 1. The van der Waals surface area contributed by atoms with Crippen molar-refractivity contribution in [3.63, 3.8) is 0 Å². The van der Waals surface area contributed by atoms with Crippen molar-refractivity contribution in [1.82, 2.24) is 10.2 Å². The topological polar surface area (TPSA) is 70.7 Å². The molecule has 3 N–H and O–H groups in total. The Kier molecular flexibility index (Phi) is 9.97. The second kappa shape index (κ2) is 11.2. The van der Waals surface area contributed by atoms with Crippen molar-refractivity contribution in [3.8, 4) is 0 Å². The number of nitrogens with one attached hydrogen (secondary N) is 1. The Labute approximate surface area is 189 Å². The van der Waals surface area contributed by atoms with Gasteiger partial charge in [-0.3, -0.25) is 9.79 Å². The van der Waals surface area contributed by atoms with Gasteiger partial charge >= 0.3 is 0 Å². The Bertz CT molecular complexity index is 699. The largest absolute Gasteiger partial charge is 0.370 e. The highest BCUT2D eigenvalue weighted by molar-refractivity contribution is 14.0. The number of primary amides is 1. The molecule has 1 heterocycles. The van der Waals surface area contributed by atoms with Crippen molar-refractivity contribution in [1.29, 1.82) is 0 Å². The summed E-state index contributed by atoms with van der Waals surface area (Å²) >= 11 is 6.25. The van der Waals surface area contributed by atoms with Crippen LogP contribution in [0, 0.1) is 11.7 Å². The quantitative estimate of drug-likeness (QED) is 0.337. The molecule has 0 radical (unpaired) electrons. The molecule has 5 nitrogen and oxygen atoms in total. The van der Waals surface area contributed by atoms with Crippen LogP contribution in [-0.2, 0) is 10.2 Å². The Balaban J connectivity index is 0.00000392. The van der Waals surface area contributed by atoms with Crippen molar-refractivity contribution >= 4 is 47.4 Å². The molecule has 28 heavy (non-hydrogen) atoms. The zero-order valence-corrected chi connectivity index (χ0v) is 19.9. The van der Waals surface area contributed by atoms with Crippen LogP contribution in [0.25, 0.3) is 0 Å². The molecule has 1 aromatic rings. The zero-order valence-electron chi connectivity index (χ0n) is 16.8. The molecule has 1 aromatic carbocycles. The van der Waals surface area contributed by atoms with Gasteiger partial charge in [-0.2, -0.15) is 0 Å². The number of halogens is 3. The van der Waals surface area contributed by atoms with Crippen LogP contribution in [0.4, 0.5) is 4.39 Å². The molecule has 1 atom stereocenters. The molecular weight excluding hydrogens is 494 g/mol. The van der Waals surface area contributed by atoms with Crippen molar-refractivity contribution in [2.75, 3.05) is 26.2 Å². The van der Waals surface area contributed by atoms with Gasteiger partial charge in [0.2, 0.25) is 5.91 Å². The molecule has 0 spiro atoms. The second-order valence-electron chi connectivity index (χ2n) is 7.80. The predicted octanol–water partition coefficient (Wildman–Crippen LogP) is 3.93. The van der Waals surface area contributed by atoms with Crippen LogP contribution >= 0.6 is 35.6 Å². The second-order valence-corrected chi connectivity index (χ2v) is 8.21. The van der Waals surface area contributed by atoms with E-state index < -0.39 is 0 Å². The summed E-state index contributed by atoms with van der Waals surface area (Å²) in [6, 6.07) is 4.49. The van der Waals surface area contributed by atoms with E-state index in [1.54, 1.807) is 6.07 Å². The third-order valence-corrected chi connectivity index (χ3v) is 5.24. The van der Waals surface area contributed by atoms with E-state index in [1.807, 2.05) is 20.8 Å². The fourth-order valence-electron chi connectivity index (χ4n) is 3.53. The Hall–Kier alpha value is -1.09. The summed E-state index contributed by atoms with van der Waals surface area (Å²) in [4.78, 5) is 18.3. The summed E-state index contributed by atoms with van der Waals surface area (Å²) in [5.74, 6) is 0.499. The molecule has 8 heteroatoms. The number of hydrogen-bond acceptors (Lipinski definition) is 2. The molecule has 1 unspecified atom stereocenters. The molecule has 158 valence electrons. The molecule has 1 aliphatic heterocycles. The first-order valence-electron chi connectivity index (χ1n) is 9.50. The lowest BCUT2D eigenvalue weighted by Gasteiger charge is -2.35. The highest BCUT2D eigenvalue weighted by Gasteiger charge is 2.26. The molecule has 0 bridgehead atoms. The zero-order chi connectivity index (χ0) is 20.0. The number of nitrogens with two attached hydrogens (primary N) is 1. The van der Waals surface area contributed by atoms with Crippen molar-refractivity contribution in [3.05, 3.63) is 34.6 Å². The highest BCUT2D eigenvalue weighted by atomic mass is 127. The number of aliphatic imine (C=N–C) groups is 1. The Morgan fingerprint density at radius 2 is 2.18 bits per heavy atom. The van der Waals surface area contributed by atoms with E-state index in [1.165, 1.54) is 12.1 Å². The summed E-state index contributed by atoms with van der Waals surface area (Å²) < 4.78 is 13.4. The number of benzene rings is 1. The number of piperidine rings is 1. The number of carbonyl (C=O) groups excluding carboxylic acids is 1. The lowest BCUT2D eigenvalue weighted by atomic mass is 9.84. The molecule has 1 fully saturated rings. The van der Waals surface area contributed by atoms with Gasteiger partial charge in [-0.05, 0) is 43.4 Å². The molecule has 2 rings (SSSR count). The third kappa shape index (κ3) is 7.06. The van der Waals surface area contributed by atoms with E-state index in [-0.39, 0.29) is 47.0 Å². The highest BCUT2D eigenvalue weighted by Crippen LogP contribution is 2.31. The fraction of sp³-hybridized carbons (Fsp3) is 0.600. The van der Waals surface area contributed by atoms with Gasteiger partial charge in [-0.15, -0.1) is 24.0 Å². The third-order valence-electron chi connectivity index (χ3n) is 4.93. The summed E-state index contributed by atoms with van der Waals surface area (Å²) in [7, 11) is 0. The average Bonchev–Trinajstić information content (AvgIpc) is 2.58. The van der Waals surface area contributed by atoms with Gasteiger partial charge in [0, 0.05) is 36.5 Å². The summed E-state index contributed by atoms with van der Waals surface area (Å²) in [6.07, 6.45) is 2.43. The number of likely N-dealkylation sites (tertiary alicyclic amines) is 1. The number of carbonyl (C=O) groups is 1. The maximum atomic E-state index is 13.4. The summed E-state index contributed by atoms with van der Waals surface area (Å²) in [5, 5.41) is 3.76. The van der Waals surface area contributed by atoms with Gasteiger partial charge in [0.1, 0.15) is 5.82 Å². The van der Waals surface area contributed by atoms with E-state index >= 15 is 0 Å². The maximum absolute atomic E-state index is 13.4. The van der Waals surface area contributed by atoms with Gasteiger partial charge in [0.05, 0.1) is 6.54 Å². The molecule has 0 aliphatic carbocycles. The minimum Gasteiger partial charge on any atom is -0.370 e. The molecule has 1 saturated heterocycles. The van der Waals surface area contributed by atoms with E-state index in [0.717, 1.165) is 44.0 Å². The van der Waals surface area contributed by atoms with Gasteiger partial charge in [-0.1, -0.05) is 31.5 Å². The van der Waals surface area contributed by atoms with E-state index in [4.69, 9.17) is 22.3 Å². The monoisotopic (exact) mass is 524 g/mol. The maximum Gasteiger partial charge on any atom is 0.217 e. The number of nitrogens with zero attached hydrogens (tertiary/aromatic N) is 2. The van der Waals surface area contributed by atoms with Crippen LogP contribution in [-0.4, -0.2) is 42.9 Å². The normalized spacial score (nSPS) is 17.8. The van der Waals surface area contributed by atoms with Crippen LogP contribution in [0.3, 0.4) is 0 Å². The Morgan fingerprint density at radius 3 is 2.79 bits per heavy atom. The smallest absolute Gasteiger partial charge is 0.217 e. The molecule has 1 aliphatic rings. The molecular formula is C20H31ClFIN4O. The van der Waals surface area contributed by atoms with E-state index in [2.05, 4.69) is 10.2 Å². The minimum atomic E-state index is -0.342.